The quantitative estimate of drug-likeness (QED) is 0.822. The van der Waals surface area contributed by atoms with Gasteiger partial charge < -0.3 is 9.88 Å². The van der Waals surface area contributed by atoms with E-state index in [1.165, 1.54) is 42.6 Å². The monoisotopic (exact) mass is 274 g/mol. The minimum Gasteiger partial charge on any atom is -0.355 e. The van der Waals surface area contributed by atoms with E-state index in [-0.39, 0.29) is 5.91 Å². The normalized spacial score (nSPS) is 15.1. The van der Waals surface area contributed by atoms with Gasteiger partial charge in [-0.25, -0.2) is 0 Å². The van der Waals surface area contributed by atoms with E-state index < -0.39 is 0 Å². The number of rotatable bonds is 5. The lowest BCUT2D eigenvalue weighted by molar-refractivity contribution is -0.120. The number of hydrogen-bond acceptors (Lipinski definition) is 1. The van der Waals surface area contributed by atoms with Crippen molar-refractivity contribution in [3.8, 4) is 0 Å². The maximum absolute atomic E-state index is 12.0. The second kappa shape index (κ2) is 6.78. The van der Waals surface area contributed by atoms with E-state index in [1.54, 1.807) is 0 Å². The van der Waals surface area contributed by atoms with Crippen molar-refractivity contribution in [3.63, 3.8) is 0 Å². The zero-order valence-electron chi connectivity index (χ0n) is 13.0. The summed E-state index contributed by atoms with van der Waals surface area (Å²) in [5.41, 5.74) is 5.05. The van der Waals surface area contributed by atoms with E-state index in [2.05, 4.69) is 35.9 Å². The fourth-order valence-corrected chi connectivity index (χ4v) is 2.84. The first kappa shape index (κ1) is 14.9. The van der Waals surface area contributed by atoms with Gasteiger partial charge in [-0.05, 0) is 57.6 Å². The predicted octanol–water partition coefficient (Wildman–Crippen LogP) is 3.19. The highest BCUT2D eigenvalue weighted by molar-refractivity contribution is 5.78. The Balaban J connectivity index is 1.77. The standard InChI is InChI=1S/C17H26N2O/c1-13-11-16(14(2)19(13)3)12-17(20)18-10-9-15-7-5-4-6-8-15/h7,11H,4-6,8-10,12H2,1-3H3,(H,18,20). The number of amides is 1. The molecule has 0 unspecified atom stereocenters. The molecule has 20 heavy (non-hydrogen) atoms. The van der Waals surface area contributed by atoms with Crippen LogP contribution in [0.25, 0.3) is 0 Å². The van der Waals surface area contributed by atoms with Gasteiger partial charge in [0.25, 0.3) is 0 Å². The second-order valence-corrected chi connectivity index (χ2v) is 5.84. The minimum absolute atomic E-state index is 0.134. The van der Waals surface area contributed by atoms with Crippen LogP contribution in [-0.2, 0) is 18.3 Å². The zero-order chi connectivity index (χ0) is 14.5. The molecule has 0 spiro atoms. The molecule has 3 nitrogen and oxygen atoms in total. The first-order valence-corrected chi connectivity index (χ1v) is 7.64. The lowest BCUT2D eigenvalue weighted by Crippen LogP contribution is -2.26. The highest BCUT2D eigenvalue weighted by Crippen LogP contribution is 2.19. The van der Waals surface area contributed by atoms with Crippen LogP contribution >= 0.6 is 0 Å². The zero-order valence-corrected chi connectivity index (χ0v) is 13.0. The van der Waals surface area contributed by atoms with Crippen molar-refractivity contribution in [1.82, 2.24) is 9.88 Å². The van der Waals surface area contributed by atoms with Crippen molar-refractivity contribution in [2.75, 3.05) is 6.54 Å². The third-order valence-corrected chi connectivity index (χ3v) is 4.38. The Hall–Kier alpha value is -1.51. The Labute approximate surface area is 122 Å². The maximum atomic E-state index is 12.0. The van der Waals surface area contributed by atoms with Crippen molar-refractivity contribution in [2.45, 2.75) is 52.4 Å². The second-order valence-electron chi connectivity index (χ2n) is 5.84. The van der Waals surface area contributed by atoms with E-state index in [1.807, 2.05) is 7.05 Å². The van der Waals surface area contributed by atoms with E-state index in [0.29, 0.717) is 6.42 Å². The Bertz CT molecular complexity index is 511. The summed E-state index contributed by atoms with van der Waals surface area (Å²) >= 11 is 0. The van der Waals surface area contributed by atoms with Crippen molar-refractivity contribution in [3.05, 3.63) is 34.7 Å². The molecule has 0 aromatic carbocycles. The number of nitrogens with zero attached hydrogens (tertiary/aromatic N) is 1. The molecule has 0 aliphatic heterocycles. The number of carbonyl (C=O) groups is 1. The molecular formula is C17H26N2O. The van der Waals surface area contributed by atoms with Crippen molar-refractivity contribution >= 4 is 5.91 Å². The molecule has 0 atom stereocenters. The fraction of sp³-hybridized carbons (Fsp3) is 0.588. The van der Waals surface area contributed by atoms with Crippen molar-refractivity contribution in [1.29, 1.82) is 0 Å². The molecule has 1 aliphatic rings. The third kappa shape index (κ3) is 3.75. The molecule has 0 bridgehead atoms. The van der Waals surface area contributed by atoms with Crippen LogP contribution in [0.5, 0.6) is 0 Å². The average molecular weight is 274 g/mol. The van der Waals surface area contributed by atoms with Gasteiger partial charge in [0.1, 0.15) is 0 Å². The summed E-state index contributed by atoms with van der Waals surface area (Å²) in [5.74, 6) is 0.134. The van der Waals surface area contributed by atoms with Gasteiger partial charge in [-0.1, -0.05) is 11.6 Å². The summed E-state index contributed by atoms with van der Waals surface area (Å²) in [7, 11) is 2.04. The minimum atomic E-state index is 0.134. The van der Waals surface area contributed by atoms with Crippen LogP contribution in [0, 0.1) is 13.8 Å². The average Bonchev–Trinajstić information content (AvgIpc) is 2.67. The van der Waals surface area contributed by atoms with Gasteiger partial charge in [0, 0.05) is 25.0 Å². The van der Waals surface area contributed by atoms with Crippen LogP contribution in [0.1, 0.15) is 49.1 Å². The van der Waals surface area contributed by atoms with Crippen LogP contribution in [0.15, 0.2) is 17.7 Å². The molecule has 0 radical (unpaired) electrons. The highest BCUT2D eigenvalue weighted by atomic mass is 16.1. The number of carbonyl (C=O) groups excluding carboxylic acids is 1. The Morgan fingerprint density at radius 3 is 2.75 bits per heavy atom. The molecule has 1 N–H and O–H groups in total. The summed E-state index contributed by atoms with van der Waals surface area (Å²) in [5, 5.41) is 3.05. The summed E-state index contributed by atoms with van der Waals surface area (Å²) in [6, 6.07) is 2.11. The summed E-state index contributed by atoms with van der Waals surface area (Å²) < 4.78 is 2.13. The van der Waals surface area contributed by atoms with Crippen LogP contribution in [0.2, 0.25) is 0 Å². The molecule has 1 amide bonds. The van der Waals surface area contributed by atoms with Gasteiger partial charge >= 0.3 is 0 Å². The predicted molar refractivity (Wildman–Crippen MR) is 82.8 cm³/mol. The molecule has 0 saturated carbocycles. The molecule has 3 heteroatoms. The van der Waals surface area contributed by atoms with E-state index in [4.69, 9.17) is 0 Å². The van der Waals surface area contributed by atoms with E-state index >= 15 is 0 Å². The third-order valence-electron chi connectivity index (χ3n) is 4.38. The SMILES string of the molecule is Cc1cc(CC(=O)NCCC2=CCCCC2)c(C)n1C. The van der Waals surface area contributed by atoms with E-state index in [0.717, 1.165) is 18.5 Å². The molecule has 1 aromatic rings. The molecule has 110 valence electrons. The first-order valence-electron chi connectivity index (χ1n) is 7.64. The van der Waals surface area contributed by atoms with Crippen LogP contribution in [0.4, 0.5) is 0 Å². The van der Waals surface area contributed by atoms with Gasteiger partial charge in [0.2, 0.25) is 5.91 Å². The molecule has 1 heterocycles. The molecule has 0 fully saturated rings. The summed E-state index contributed by atoms with van der Waals surface area (Å²) in [6.07, 6.45) is 8.91. The smallest absolute Gasteiger partial charge is 0.224 e. The summed E-state index contributed by atoms with van der Waals surface area (Å²) in [6.45, 7) is 4.92. The molecule has 1 aromatic heterocycles. The number of hydrogen-bond donors (Lipinski definition) is 1. The fourth-order valence-electron chi connectivity index (χ4n) is 2.84. The number of aryl methyl sites for hydroxylation is 1. The van der Waals surface area contributed by atoms with Crippen LogP contribution < -0.4 is 5.32 Å². The first-order chi connectivity index (χ1) is 9.58. The van der Waals surface area contributed by atoms with Crippen molar-refractivity contribution in [2.24, 2.45) is 7.05 Å². The lowest BCUT2D eigenvalue weighted by Gasteiger charge is -2.13. The van der Waals surface area contributed by atoms with Gasteiger partial charge in [-0.2, -0.15) is 0 Å². The Kier molecular flexibility index (Phi) is 5.05. The molecule has 1 aliphatic carbocycles. The maximum Gasteiger partial charge on any atom is 0.224 e. The van der Waals surface area contributed by atoms with Crippen LogP contribution in [0.3, 0.4) is 0 Å². The largest absolute Gasteiger partial charge is 0.355 e. The lowest BCUT2D eigenvalue weighted by atomic mass is 9.97. The Morgan fingerprint density at radius 1 is 1.35 bits per heavy atom. The van der Waals surface area contributed by atoms with Crippen molar-refractivity contribution < 1.29 is 4.79 Å². The molecule has 0 saturated heterocycles. The number of allylic oxidation sites excluding steroid dienone is 1. The van der Waals surface area contributed by atoms with Gasteiger partial charge in [0.15, 0.2) is 0 Å². The number of nitrogens with one attached hydrogen (secondary N) is 1. The highest BCUT2D eigenvalue weighted by Gasteiger charge is 2.10. The van der Waals surface area contributed by atoms with Crippen LogP contribution in [-0.4, -0.2) is 17.0 Å². The van der Waals surface area contributed by atoms with Gasteiger partial charge in [-0.3, -0.25) is 4.79 Å². The van der Waals surface area contributed by atoms with Gasteiger partial charge in [-0.15, -0.1) is 0 Å². The molecule has 2 rings (SSSR count). The number of aromatic nitrogens is 1. The molecular weight excluding hydrogens is 248 g/mol. The van der Waals surface area contributed by atoms with Gasteiger partial charge in [0.05, 0.1) is 6.42 Å². The Morgan fingerprint density at radius 2 is 2.15 bits per heavy atom. The van der Waals surface area contributed by atoms with E-state index in [9.17, 15) is 4.79 Å². The topological polar surface area (TPSA) is 34.0 Å². The summed E-state index contributed by atoms with van der Waals surface area (Å²) in [4.78, 5) is 12.0.